The highest BCUT2D eigenvalue weighted by atomic mass is 35.5. The summed E-state index contributed by atoms with van der Waals surface area (Å²) in [6.45, 7) is 4.07. The van der Waals surface area contributed by atoms with Crippen LogP contribution < -0.4 is 10.1 Å². The Hall–Kier alpha value is -2.71. The summed E-state index contributed by atoms with van der Waals surface area (Å²) in [5.41, 5.74) is 1.74. The number of hydrogen-bond acceptors (Lipinski definition) is 7. The highest BCUT2D eigenvalue weighted by Crippen LogP contribution is 2.25. The van der Waals surface area contributed by atoms with Crippen molar-refractivity contribution < 1.29 is 14.3 Å². The normalized spacial score (nSPS) is 10.8. The molecule has 30 heavy (non-hydrogen) atoms. The highest BCUT2D eigenvalue weighted by molar-refractivity contribution is 7.99. The zero-order valence-corrected chi connectivity index (χ0v) is 18.5. The Kier molecular flexibility index (Phi) is 7.59. The van der Waals surface area contributed by atoms with Gasteiger partial charge in [0.15, 0.2) is 11.0 Å². The molecule has 0 saturated carbocycles. The number of rotatable bonds is 9. The van der Waals surface area contributed by atoms with E-state index in [-0.39, 0.29) is 17.8 Å². The molecule has 3 rings (SSSR count). The molecule has 7 nitrogen and oxygen atoms in total. The average molecular weight is 447 g/mol. The van der Waals surface area contributed by atoms with Gasteiger partial charge in [-0.2, -0.15) is 0 Å². The topological polar surface area (TPSA) is 78.3 Å². The molecule has 0 aliphatic rings. The van der Waals surface area contributed by atoms with Crippen molar-refractivity contribution in [2.24, 2.45) is 0 Å². The van der Waals surface area contributed by atoms with Crippen LogP contribution in [0.3, 0.4) is 0 Å². The molecule has 0 aliphatic carbocycles. The third kappa shape index (κ3) is 5.90. The predicted molar refractivity (Wildman–Crippen MR) is 119 cm³/mol. The van der Waals surface area contributed by atoms with Crippen molar-refractivity contribution in [3.05, 3.63) is 59.4 Å². The predicted octanol–water partition coefficient (Wildman–Crippen LogP) is 4.59. The molecule has 0 amide bonds. The number of anilines is 1. The lowest BCUT2D eigenvalue weighted by molar-refractivity contribution is -0.144. The summed E-state index contributed by atoms with van der Waals surface area (Å²) in [5, 5.41) is 13.1. The first-order valence-corrected chi connectivity index (χ1v) is 10.7. The van der Waals surface area contributed by atoms with Gasteiger partial charge in [0, 0.05) is 10.7 Å². The molecule has 0 bridgehead atoms. The lowest BCUT2D eigenvalue weighted by Crippen LogP contribution is -2.14. The largest absolute Gasteiger partial charge is 0.497 e. The molecule has 0 unspecified atom stereocenters. The van der Waals surface area contributed by atoms with E-state index in [2.05, 4.69) is 15.5 Å². The third-order valence-electron chi connectivity index (χ3n) is 3.99. The number of methoxy groups -OCH3 is 1. The summed E-state index contributed by atoms with van der Waals surface area (Å²) in [6, 6.07) is 15.0. The van der Waals surface area contributed by atoms with Crippen molar-refractivity contribution in [3.63, 3.8) is 0 Å². The van der Waals surface area contributed by atoms with Crippen LogP contribution in [0, 0.1) is 0 Å². The van der Waals surface area contributed by atoms with E-state index in [9.17, 15) is 4.79 Å². The van der Waals surface area contributed by atoms with Crippen LogP contribution in [0.15, 0.2) is 53.7 Å². The Morgan fingerprint density at radius 1 is 1.20 bits per heavy atom. The second-order valence-electron chi connectivity index (χ2n) is 6.62. The Morgan fingerprint density at radius 3 is 2.63 bits per heavy atom. The summed E-state index contributed by atoms with van der Waals surface area (Å²) in [5.74, 6) is 1.32. The number of halogens is 1. The van der Waals surface area contributed by atoms with Crippen LogP contribution in [0.5, 0.6) is 5.75 Å². The van der Waals surface area contributed by atoms with E-state index in [0.29, 0.717) is 22.5 Å². The van der Waals surface area contributed by atoms with Crippen molar-refractivity contribution in [3.8, 4) is 11.4 Å². The zero-order valence-electron chi connectivity index (χ0n) is 17.0. The molecular formula is C21H23ClN4O3S. The minimum Gasteiger partial charge on any atom is -0.497 e. The number of carbonyl (C=O) groups excluding carboxylic acids is 1. The molecular weight excluding hydrogens is 424 g/mol. The van der Waals surface area contributed by atoms with Gasteiger partial charge in [0.25, 0.3) is 0 Å². The van der Waals surface area contributed by atoms with Crippen LogP contribution in [0.25, 0.3) is 5.69 Å². The van der Waals surface area contributed by atoms with Crippen molar-refractivity contribution in [1.29, 1.82) is 0 Å². The lowest BCUT2D eigenvalue weighted by Gasteiger charge is -2.12. The van der Waals surface area contributed by atoms with Crippen molar-refractivity contribution >= 4 is 35.0 Å². The molecule has 0 spiro atoms. The van der Waals surface area contributed by atoms with Gasteiger partial charge < -0.3 is 14.8 Å². The molecule has 9 heteroatoms. The minimum absolute atomic E-state index is 0.142. The van der Waals surface area contributed by atoms with Gasteiger partial charge in [-0.05, 0) is 56.3 Å². The summed E-state index contributed by atoms with van der Waals surface area (Å²) in [7, 11) is 1.63. The number of aromatic nitrogens is 3. The molecule has 158 valence electrons. The SMILES string of the molecule is COc1ccc(NCc2nnc(SCC(=O)OC(C)C)n2-c2cccc(Cl)c2)cc1. The monoisotopic (exact) mass is 446 g/mol. The number of benzene rings is 2. The Balaban J connectivity index is 1.81. The van der Waals surface area contributed by atoms with Crippen LogP contribution in [-0.2, 0) is 16.1 Å². The zero-order chi connectivity index (χ0) is 21.5. The van der Waals surface area contributed by atoms with Crippen molar-refractivity contribution in [2.75, 3.05) is 18.2 Å². The van der Waals surface area contributed by atoms with Crippen LogP contribution in [-0.4, -0.2) is 39.7 Å². The second kappa shape index (κ2) is 10.4. The second-order valence-corrected chi connectivity index (χ2v) is 8.00. The van der Waals surface area contributed by atoms with Gasteiger partial charge in [0.05, 0.1) is 31.2 Å². The average Bonchev–Trinajstić information content (AvgIpc) is 3.13. The van der Waals surface area contributed by atoms with Crippen LogP contribution in [0.4, 0.5) is 5.69 Å². The van der Waals surface area contributed by atoms with E-state index in [1.807, 2.05) is 60.9 Å². The number of esters is 1. The van der Waals surface area contributed by atoms with Crippen molar-refractivity contribution in [2.45, 2.75) is 31.7 Å². The first-order chi connectivity index (χ1) is 14.5. The Labute approximate surface area is 184 Å². The van der Waals surface area contributed by atoms with E-state index >= 15 is 0 Å². The van der Waals surface area contributed by atoms with E-state index < -0.39 is 0 Å². The molecule has 0 aliphatic heterocycles. The maximum atomic E-state index is 12.0. The van der Waals surface area contributed by atoms with Gasteiger partial charge in [-0.1, -0.05) is 29.4 Å². The van der Waals surface area contributed by atoms with Gasteiger partial charge in [0.1, 0.15) is 5.75 Å². The Bertz CT molecular complexity index is 992. The quantitative estimate of drug-likeness (QED) is 0.380. The molecule has 0 radical (unpaired) electrons. The fourth-order valence-corrected chi connectivity index (χ4v) is 3.63. The van der Waals surface area contributed by atoms with Crippen LogP contribution in [0.1, 0.15) is 19.7 Å². The van der Waals surface area contributed by atoms with Gasteiger partial charge in [0.2, 0.25) is 0 Å². The number of nitrogens with one attached hydrogen (secondary N) is 1. The van der Waals surface area contributed by atoms with E-state index in [4.69, 9.17) is 21.1 Å². The molecule has 1 heterocycles. The standard InChI is InChI=1S/C21H23ClN4O3S/c1-14(2)29-20(27)13-30-21-25-24-19(26(21)17-6-4-5-15(22)11-17)12-23-16-7-9-18(28-3)10-8-16/h4-11,14,23H,12-13H2,1-3H3. The maximum Gasteiger partial charge on any atom is 0.316 e. The van der Waals surface area contributed by atoms with E-state index in [1.54, 1.807) is 13.2 Å². The molecule has 0 fully saturated rings. The molecule has 0 atom stereocenters. The molecule has 1 aromatic heterocycles. The van der Waals surface area contributed by atoms with Crippen molar-refractivity contribution in [1.82, 2.24) is 14.8 Å². The summed E-state index contributed by atoms with van der Waals surface area (Å²) < 4.78 is 12.3. The fourth-order valence-electron chi connectivity index (χ4n) is 2.69. The molecule has 0 saturated heterocycles. The van der Waals surface area contributed by atoms with Crippen LogP contribution in [0.2, 0.25) is 5.02 Å². The number of ether oxygens (including phenoxy) is 2. The van der Waals surface area contributed by atoms with Crippen LogP contribution >= 0.6 is 23.4 Å². The lowest BCUT2D eigenvalue weighted by atomic mass is 10.3. The first kappa shape index (κ1) is 22.0. The first-order valence-electron chi connectivity index (χ1n) is 9.36. The number of carbonyl (C=O) groups is 1. The van der Waals surface area contributed by atoms with Gasteiger partial charge in [-0.3, -0.25) is 9.36 Å². The third-order valence-corrected chi connectivity index (χ3v) is 5.13. The minimum atomic E-state index is -0.298. The molecule has 3 aromatic rings. The smallest absolute Gasteiger partial charge is 0.316 e. The van der Waals surface area contributed by atoms with Gasteiger partial charge in [-0.25, -0.2) is 0 Å². The van der Waals surface area contributed by atoms with Gasteiger partial charge >= 0.3 is 5.97 Å². The number of nitrogens with zero attached hydrogens (tertiary/aromatic N) is 3. The number of hydrogen-bond donors (Lipinski definition) is 1. The fraction of sp³-hybridized carbons (Fsp3) is 0.286. The maximum absolute atomic E-state index is 12.0. The molecule has 2 aromatic carbocycles. The van der Waals surface area contributed by atoms with E-state index in [0.717, 1.165) is 17.1 Å². The summed E-state index contributed by atoms with van der Waals surface area (Å²) in [4.78, 5) is 12.0. The van der Waals surface area contributed by atoms with E-state index in [1.165, 1.54) is 11.8 Å². The Morgan fingerprint density at radius 2 is 1.97 bits per heavy atom. The molecule has 1 N–H and O–H groups in total. The number of thioether (sulfide) groups is 1. The summed E-state index contributed by atoms with van der Waals surface area (Å²) >= 11 is 7.46. The van der Waals surface area contributed by atoms with Gasteiger partial charge in [-0.15, -0.1) is 10.2 Å². The highest BCUT2D eigenvalue weighted by Gasteiger charge is 2.17. The summed E-state index contributed by atoms with van der Waals surface area (Å²) in [6.07, 6.45) is -0.159.